The zero-order valence-corrected chi connectivity index (χ0v) is 18.0. The van der Waals surface area contributed by atoms with Crippen LogP contribution in [0, 0.1) is 0 Å². The Balaban J connectivity index is 1.38. The summed E-state index contributed by atoms with van der Waals surface area (Å²) >= 11 is 0. The second-order valence-electron chi connectivity index (χ2n) is 7.99. The van der Waals surface area contributed by atoms with E-state index < -0.39 is 0 Å². The molecule has 0 N–H and O–H groups in total. The van der Waals surface area contributed by atoms with Crippen LogP contribution in [0.4, 0.5) is 5.95 Å². The first-order valence-corrected chi connectivity index (χ1v) is 10.9. The fourth-order valence-electron chi connectivity index (χ4n) is 4.23. The summed E-state index contributed by atoms with van der Waals surface area (Å²) in [5, 5.41) is 8.79. The zero-order valence-electron chi connectivity index (χ0n) is 18.0. The van der Waals surface area contributed by atoms with Gasteiger partial charge in [0, 0.05) is 50.7 Å². The van der Waals surface area contributed by atoms with Crippen molar-refractivity contribution < 1.29 is 4.79 Å². The molecule has 0 spiro atoms. The van der Waals surface area contributed by atoms with Gasteiger partial charge in [-0.2, -0.15) is 0 Å². The van der Waals surface area contributed by atoms with Crippen molar-refractivity contribution in [3.05, 3.63) is 84.1 Å². The number of carbonyl (C=O) groups excluding carboxylic acids is 1. The van der Waals surface area contributed by atoms with E-state index in [-0.39, 0.29) is 11.8 Å². The molecule has 32 heavy (non-hydrogen) atoms. The molecule has 0 bridgehead atoms. The Hall–Kier alpha value is -3.81. The molecule has 5 rings (SSSR count). The zero-order chi connectivity index (χ0) is 21.9. The smallest absolute Gasteiger partial charge is 0.255 e. The minimum Gasteiger partial charge on any atom is -0.340 e. The highest BCUT2D eigenvalue weighted by molar-refractivity contribution is 5.94. The summed E-state index contributed by atoms with van der Waals surface area (Å²) in [6.07, 6.45) is 6.33. The van der Waals surface area contributed by atoms with E-state index >= 15 is 0 Å². The molecule has 1 saturated heterocycles. The van der Waals surface area contributed by atoms with Crippen LogP contribution in [0.2, 0.25) is 0 Å². The standard InChI is InChI=1S/C24H25N7O/c1-2-29(15-18-7-4-3-5-8-18)23(32)20-9-10-21-27-28-22(31(21)17-20)19-11-14-30(16-19)24-25-12-6-13-26-24/h3-10,12-13,17,19H,2,11,14-16H2,1H3. The lowest BCUT2D eigenvalue weighted by molar-refractivity contribution is 0.0752. The largest absolute Gasteiger partial charge is 0.340 e. The Labute approximate surface area is 186 Å². The molecule has 1 aliphatic rings. The van der Waals surface area contributed by atoms with Crippen LogP contribution in [0.3, 0.4) is 0 Å². The van der Waals surface area contributed by atoms with Crippen molar-refractivity contribution in [1.82, 2.24) is 29.5 Å². The second-order valence-corrected chi connectivity index (χ2v) is 7.99. The molecule has 1 amide bonds. The van der Waals surface area contributed by atoms with Crippen molar-refractivity contribution in [2.45, 2.75) is 25.8 Å². The first-order valence-electron chi connectivity index (χ1n) is 10.9. The van der Waals surface area contributed by atoms with Crippen molar-refractivity contribution in [1.29, 1.82) is 0 Å². The molecule has 1 unspecified atom stereocenters. The number of amides is 1. The predicted octanol–water partition coefficient (Wildman–Crippen LogP) is 3.18. The minimum absolute atomic E-state index is 0.00337. The topological polar surface area (TPSA) is 79.5 Å². The molecule has 1 atom stereocenters. The average Bonchev–Trinajstić information content (AvgIpc) is 3.50. The third kappa shape index (κ3) is 3.91. The van der Waals surface area contributed by atoms with Crippen molar-refractivity contribution in [3.63, 3.8) is 0 Å². The van der Waals surface area contributed by atoms with Gasteiger partial charge in [-0.05, 0) is 37.1 Å². The normalized spacial score (nSPS) is 15.9. The molecule has 8 nitrogen and oxygen atoms in total. The Bertz CT molecular complexity index is 1210. The summed E-state index contributed by atoms with van der Waals surface area (Å²) in [5.74, 6) is 1.81. The number of hydrogen-bond donors (Lipinski definition) is 0. The monoisotopic (exact) mass is 427 g/mol. The van der Waals surface area contributed by atoms with Crippen molar-refractivity contribution >= 4 is 17.5 Å². The van der Waals surface area contributed by atoms with Gasteiger partial charge in [-0.15, -0.1) is 10.2 Å². The summed E-state index contributed by atoms with van der Waals surface area (Å²) in [5.41, 5.74) is 2.50. The Morgan fingerprint density at radius 2 is 1.88 bits per heavy atom. The van der Waals surface area contributed by atoms with E-state index in [9.17, 15) is 4.79 Å². The van der Waals surface area contributed by atoms with Gasteiger partial charge in [-0.25, -0.2) is 9.97 Å². The SMILES string of the molecule is CCN(Cc1ccccc1)C(=O)c1ccc2nnc(C3CCN(c4ncccn4)C3)n2c1. The lowest BCUT2D eigenvalue weighted by atomic mass is 10.1. The van der Waals surface area contributed by atoms with Crippen LogP contribution < -0.4 is 4.90 Å². The van der Waals surface area contributed by atoms with Gasteiger partial charge in [-0.3, -0.25) is 9.20 Å². The second kappa shape index (κ2) is 8.74. The van der Waals surface area contributed by atoms with Crippen LogP contribution in [0.1, 0.15) is 41.0 Å². The maximum absolute atomic E-state index is 13.3. The molecule has 1 aromatic carbocycles. The Morgan fingerprint density at radius 3 is 2.66 bits per heavy atom. The van der Waals surface area contributed by atoms with Gasteiger partial charge in [0.2, 0.25) is 5.95 Å². The lowest BCUT2D eigenvalue weighted by Crippen LogP contribution is -2.30. The summed E-state index contributed by atoms with van der Waals surface area (Å²) in [7, 11) is 0. The van der Waals surface area contributed by atoms with Crippen LogP contribution in [0.25, 0.3) is 5.65 Å². The van der Waals surface area contributed by atoms with Crippen molar-refractivity contribution in [3.8, 4) is 0 Å². The van der Waals surface area contributed by atoms with Gasteiger partial charge in [0.05, 0.1) is 5.56 Å². The number of benzene rings is 1. The molecule has 4 aromatic rings. The van der Waals surface area contributed by atoms with Crippen LogP contribution in [0.5, 0.6) is 0 Å². The summed E-state index contributed by atoms with van der Waals surface area (Å²) < 4.78 is 1.96. The molecule has 1 aliphatic heterocycles. The number of rotatable bonds is 6. The quantitative estimate of drug-likeness (QED) is 0.470. The van der Waals surface area contributed by atoms with E-state index in [1.807, 2.05) is 71.0 Å². The number of carbonyl (C=O) groups is 1. The fraction of sp³-hybridized carbons (Fsp3) is 0.292. The van der Waals surface area contributed by atoms with Gasteiger partial charge in [0.15, 0.2) is 5.65 Å². The first-order chi connectivity index (χ1) is 15.7. The van der Waals surface area contributed by atoms with Gasteiger partial charge in [0.1, 0.15) is 5.82 Å². The number of anilines is 1. The molecular weight excluding hydrogens is 402 g/mol. The molecule has 0 aliphatic carbocycles. The number of aromatic nitrogens is 5. The summed E-state index contributed by atoms with van der Waals surface area (Å²) in [4.78, 5) is 26.0. The van der Waals surface area contributed by atoms with Crippen molar-refractivity contribution in [2.75, 3.05) is 24.5 Å². The Kier molecular flexibility index (Phi) is 5.49. The van der Waals surface area contributed by atoms with E-state index in [1.165, 1.54) is 0 Å². The maximum atomic E-state index is 13.3. The highest BCUT2D eigenvalue weighted by atomic mass is 16.2. The van der Waals surface area contributed by atoms with E-state index in [1.54, 1.807) is 12.4 Å². The van der Waals surface area contributed by atoms with Crippen molar-refractivity contribution in [2.24, 2.45) is 0 Å². The number of fused-ring (bicyclic) bond motifs is 1. The number of pyridine rings is 1. The van der Waals surface area contributed by atoms with Crippen LogP contribution >= 0.6 is 0 Å². The highest BCUT2D eigenvalue weighted by Gasteiger charge is 2.29. The minimum atomic E-state index is 0.00337. The lowest BCUT2D eigenvalue weighted by Gasteiger charge is -2.21. The van der Waals surface area contributed by atoms with E-state index in [0.29, 0.717) is 18.7 Å². The number of hydrogen-bond acceptors (Lipinski definition) is 6. The predicted molar refractivity (Wildman–Crippen MR) is 121 cm³/mol. The molecule has 0 radical (unpaired) electrons. The van der Waals surface area contributed by atoms with Crippen LogP contribution in [-0.4, -0.2) is 55.0 Å². The Morgan fingerprint density at radius 1 is 1.06 bits per heavy atom. The van der Waals surface area contributed by atoms with E-state index in [2.05, 4.69) is 25.1 Å². The van der Waals surface area contributed by atoms with E-state index in [4.69, 9.17) is 0 Å². The molecule has 162 valence electrons. The maximum Gasteiger partial charge on any atom is 0.255 e. The fourth-order valence-corrected chi connectivity index (χ4v) is 4.23. The first kappa shape index (κ1) is 20.1. The molecule has 3 aromatic heterocycles. The van der Waals surface area contributed by atoms with Gasteiger partial charge < -0.3 is 9.80 Å². The van der Waals surface area contributed by atoms with Crippen LogP contribution in [-0.2, 0) is 6.54 Å². The summed E-state index contributed by atoms with van der Waals surface area (Å²) in [6.45, 7) is 4.86. The van der Waals surface area contributed by atoms with Gasteiger partial charge >= 0.3 is 0 Å². The molecule has 8 heteroatoms. The third-order valence-corrected chi connectivity index (χ3v) is 5.95. The van der Waals surface area contributed by atoms with E-state index in [0.717, 1.165) is 42.5 Å². The molecule has 1 fully saturated rings. The third-order valence-electron chi connectivity index (χ3n) is 5.95. The van der Waals surface area contributed by atoms with Gasteiger partial charge in [-0.1, -0.05) is 30.3 Å². The molecular formula is C24H25N7O. The highest BCUT2D eigenvalue weighted by Crippen LogP contribution is 2.28. The summed E-state index contributed by atoms with van der Waals surface area (Å²) in [6, 6.07) is 15.6. The van der Waals surface area contributed by atoms with Crippen LogP contribution in [0.15, 0.2) is 67.1 Å². The number of nitrogens with zero attached hydrogens (tertiary/aromatic N) is 7. The molecule has 4 heterocycles. The average molecular weight is 428 g/mol. The molecule has 0 saturated carbocycles. The van der Waals surface area contributed by atoms with Gasteiger partial charge in [0.25, 0.3) is 5.91 Å².